The van der Waals surface area contributed by atoms with Crippen LogP contribution in [-0.4, -0.2) is 37.4 Å². The molecule has 4 heteroatoms. The molecule has 0 aromatic carbocycles. The predicted molar refractivity (Wildman–Crippen MR) is 49.0 cm³/mol. The number of amides is 2. The molecule has 1 saturated heterocycles. The third-order valence-corrected chi connectivity index (χ3v) is 2.22. The van der Waals surface area contributed by atoms with Crippen molar-refractivity contribution in [2.75, 3.05) is 20.6 Å². The molecular formula is C9H16N2O2. The Morgan fingerprint density at radius 1 is 1.46 bits per heavy atom. The molecule has 0 aromatic heterocycles. The van der Waals surface area contributed by atoms with Gasteiger partial charge in [-0.25, -0.2) is 0 Å². The summed E-state index contributed by atoms with van der Waals surface area (Å²) in [6, 6.07) is 0. The molecule has 13 heavy (non-hydrogen) atoms. The van der Waals surface area contributed by atoms with Crippen molar-refractivity contribution >= 4 is 11.8 Å². The van der Waals surface area contributed by atoms with E-state index in [2.05, 4.69) is 10.2 Å². The number of imide groups is 1. The lowest BCUT2D eigenvalue weighted by Gasteiger charge is -2.10. The van der Waals surface area contributed by atoms with Crippen LogP contribution in [0.4, 0.5) is 0 Å². The first-order valence-electron chi connectivity index (χ1n) is 4.58. The van der Waals surface area contributed by atoms with Crippen LogP contribution in [0.1, 0.15) is 19.3 Å². The summed E-state index contributed by atoms with van der Waals surface area (Å²) in [6.45, 7) is 0.970. The van der Waals surface area contributed by atoms with E-state index in [9.17, 15) is 9.59 Å². The largest absolute Gasteiger partial charge is 0.309 e. The molecule has 1 aliphatic heterocycles. The first-order chi connectivity index (χ1) is 6.09. The third-order valence-electron chi connectivity index (χ3n) is 2.22. The van der Waals surface area contributed by atoms with E-state index < -0.39 is 0 Å². The van der Waals surface area contributed by atoms with Crippen LogP contribution < -0.4 is 5.32 Å². The molecule has 2 amide bonds. The van der Waals surface area contributed by atoms with E-state index in [0.717, 1.165) is 19.4 Å². The van der Waals surface area contributed by atoms with Crippen LogP contribution in [0, 0.1) is 5.92 Å². The average Bonchev–Trinajstić information content (AvgIpc) is 2.29. The Balaban J connectivity index is 2.22. The summed E-state index contributed by atoms with van der Waals surface area (Å²) in [4.78, 5) is 24.0. The van der Waals surface area contributed by atoms with E-state index in [0.29, 0.717) is 6.42 Å². The van der Waals surface area contributed by atoms with Crippen LogP contribution in [0.3, 0.4) is 0 Å². The second kappa shape index (κ2) is 4.37. The molecule has 4 nitrogen and oxygen atoms in total. The minimum atomic E-state index is -0.125. The number of nitrogens with zero attached hydrogens (tertiary/aromatic N) is 1. The monoisotopic (exact) mass is 184 g/mol. The van der Waals surface area contributed by atoms with Gasteiger partial charge in [-0.1, -0.05) is 0 Å². The molecule has 1 aliphatic rings. The minimum absolute atomic E-state index is 0.0764. The highest BCUT2D eigenvalue weighted by atomic mass is 16.2. The van der Waals surface area contributed by atoms with Crippen LogP contribution in [0.15, 0.2) is 0 Å². The number of carbonyl (C=O) groups is 2. The van der Waals surface area contributed by atoms with E-state index in [4.69, 9.17) is 0 Å². The van der Waals surface area contributed by atoms with Crippen LogP contribution in [0.2, 0.25) is 0 Å². The topological polar surface area (TPSA) is 49.4 Å². The van der Waals surface area contributed by atoms with Gasteiger partial charge in [0, 0.05) is 12.3 Å². The lowest BCUT2D eigenvalue weighted by molar-refractivity contribution is -0.125. The van der Waals surface area contributed by atoms with E-state index in [-0.39, 0.29) is 17.7 Å². The van der Waals surface area contributed by atoms with Gasteiger partial charge < -0.3 is 4.90 Å². The summed E-state index contributed by atoms with van der Waals surface area (Å²) >= 11 is 0. The van der Waals surface area contributed by atoms with Gasteiger partial charge in [0.05, 0.1) is 0 Å². The molecule has 0 radical (unpaired) electrons. The fourth-order valence-electron chi connectivity index (χ4n) is 1.49. The molecule has 0 bridgehead atoms. The number of hydrogen-bond donors (Lipinski definition) is 1. The smallest absolute Gasteiger partial charge is 0.230 e. The third kappa shape index (κ3) is 3.14. The van der Waals surface area contributed by atoms with E-state index >= 15 is 0 Å². The van der Waals surface area contributed by atoms with Gasteiger partial charge in [0.2, 0.25) is 11.8 Å². The predicted octanol–water partition coefficient (Wildman–Crippen LogP) is -0.00910. The van der Waals surface area contributed by atoms with Crippen molar-refractivity contribution < 1.29 is 9.59 Å². The Hall–Kier alpha value is -0.900. The van der Waals surface area contributed by atoms with Gasteiger partial charge in [-0.3, -0.25) is 14.9 Å². The lowest BCUT2D eigenvalue weighted by atomic mass is 10.0. The van der Waals surface area contributed by atoms with Crippen molar-refractivity contribution in [2.24, 2.45) is 5.92 Å². The van der Waals surface area contributed by atoms with Crippen molar-refractivity contribution in [2.45, 2.75) is 19.3 Å². The Bertz CT molecular complexity index is 214. The van der Waals surface area contributed by atoms with Gasteiger partial charge in [0.15, 0.2) is 0 Å². The van der Waals surface area contributed by atoms with Gasteiger partial charge in [0.25, 0.3) is 0 Å². The highest BCUT2D eigenvalue weighted by Gasteiger charge is 2.29. The fraction of sp³-hybridized carbons (Fsp3) is 0.778. The maximum absolute atomic E-state index is 11.1. The van der Waals surface area contributed by atoms with Gasteiger partial charge in [-0.2, -0.15) is 0 Å². The molecule has 1 unspecified atom stereocenters. The maximum Gasteiger partial charge on any atom is 0.230 e. The summed E-state index contributed by atoms with van der Waals surface area (Å²) < 4.78 is 0. The molecular weight excluding hydrogens is 168 g/mol. The standard InChI is InChI=1S/C9H16N2O2/c1-11(2)5-3-4-7-6-8(12)10-9(7)13/h7H,3-6H2,1-2H3,(H,10,12,13). The van der Waals surface area contributed by atoms with Gasteiger partial charge in [-0.05, 0) is 33.5 Å². The van der Waals surface area contributed by atoms with Gasteiger partial charge in [0.1, 0.15) is 0 Å². The maximum atomic E-state index is 11.1. The molecule has 1 fully saturated rings. The minimum Gasteiger partial charge on any atom is -0.309 e. The Morgan fingerprint density at radius 2 is 2.15 bits per heavy atom. The quantitative estimate of drug-likeness (QED) is 0.625. The molecule has 0 spiro atoms. The number of nitrogens with one attached hydrogen (secondary N) is 1. The summed E-state index contributed by atoms with van der Waals surface area (Å²) in [7, 11) is 4.00. The zero-order chi connectivity index (χ0) is 9.84. The molecule has 1 N–H and O–H groups in total. The van der Waals surface area contributed by atoms with Crippen molar-refractivity contribution in [1.82, 2.24) is 10.2 Å². The summed E-state index contributed by atoms with van der Waals surface area (Å²) in [5.74, 6) is -0.295. The Morgan fingerprint density at radius 3 is 2.62 bits per heavy atom. The lowest BCUT2D eigenvalue weighted by Crippen LogP contribution is -2.22. The van der Waals surface area contributed by atoms with Crippen molar-refractivity contribution in [1.29, 1.82) is 0 Å². The molecule has 0 aliphatic carbocycles. The molecule has 0 saturated carbocycles. The molecule has 0 aromatic rings. The van der Waals surface area contributed by atoms with Crippen LogP contribution >= 0.6 is 0 Å². The Kier molecular flexibility index (Phi) is 3.42. The van der Waals surface area contributed by atoms with Crippen LogP contribution in [0.25, 0.3) is 0 Å². The second-order valence-corrected chi connectivity index (χ2v) is 3.76. The summed E-state index contributed by atoms with van der Waals surface area (Å²) in [5.41, 5.74) is 0. The Labute approximate surface area is 78.3 Å². The van der Waals surface area contributed by atoms with Gasteiger partial charge >= 0.3 is 0 Å². The van der Waals surface area contributed by atoms with Crippen LogP contribution in [0.5, 0.6) is 0 Å². The van der Waals surface area contributed by atoms with Crippen molar-refractivity contribution in [3.8, 4) is 0 Å². The van der Waals surface area contributed by atoms with Crippen molar-refractivity contribution in [3.05, 3.63) is 0 Å². The zero-order valence-electron chi connectivity index (χ0n) is 8.17. The van der Waals surface area contributed by atoms with E-state index in [1.54, 1.807) is 0 Å². The summed E-state index contributed by atoms with van der Waals surface area (Å²) in [6.07, 6.45) is 2.17. The highest BCUT2D eigenvalue weighted by Crippen LogP contribution is 2.16. The molecule has 1 rings (SSSR count). The number of carbonyl (C=O) groups excluding carboxylic acids is 2. The number of rotatable bonds is 4. The zero-order valence-corrected chi connectivity index (χ0v) is 8.17. The SMILES string of the molecule is CN(C)CCCC1CC(=O)NC1=O. The van der Waals surface area contributed by atoms with E-state index in [1.165, 1.54) is 0 Å². The highest BCUT2D eigenvalue weighted by molar-refractivity contribution is 6.03. The summed E-state index contributed by atoms with van der Waals surface area (Å²) in [5, 5.41) is 2.31. The normalized spacial score (nSPS) is 22.5. The second-order valence-electron chi connectivity index (χ2n) is 3.76. The molecule has 1 heterocycles. The first kappa shape index (κ1) is 10.2. The van der Waals surface area contributed by atoms with E-state index in [1.807, 2.05) is 14.1 Å². The average molecular weight is 184 g/mol. The first-order valence-corrected chi connectivity index (χ1v) is 4.58. The molecule has 74 valence electrons. The van der Waals surface area contributed by atoms with Gasteiger partial charge in [-0.15, -0.1) is 0 Å². The number of hydrogen-bond acceptors (Lipinski definition) is 3. The van der Waals surface area contributed by atoms with Crippen LogP contribution in [-0.2, 0) is 9.59 Å². The molecule has 1 atom stereocenters. The van der Waals surface area contributed by atoms with Crippen molar-refractivity contribution in [3.63, 3.8) is 0 Å². The fourth-order valence-corrected chi connectivity index (χ4v) is 1.49.